The van der Waals surface area contributed by atoms with Crippen LogP contribution in [0.15, 0.2) is 42.6 Å². The highest BCUT2D eigenvalue weighted by molar-refractivity contribution is 5.33. The third-order valence-corrected chi connectivity index (χ3v) is 2.70. The minimum atomic E-state index is 0.0783. The molecule has 4 heteroatoms. The molecule has 0 saturated heterocycles. The zero-order valence-corrected chi connectivity index (χ0v) is 9.71. The molecule has 17 heavy (non-hydrogen) atoms. The van der Waals surface area contributed by atoms with E-state index in [2.05, 4.69) is 10.2 Å². The van der Waals surface area contributed by atoms with Crippen molar-refractivity contribution in [3.05, 3.63) is 53.9 Å². The Bertz CT molecular complexity index is 456. The van der Waals surface area contributed by atoms with Gasteiger partial charge in [0.2, 0.25) is 0 Å². The average molecular weight is 229 g/mol. The molecule has 0 saturated carbocycles. The van der Waals surface area contributed by atoms with Crippen molar-refractivity contribution in [3.63, 3.8) is 0 Å². The van der Waals surface area contributed by atoms with Crippen LogP contribution in [0.1, 0.15) is 17.2 Å². The molecule has 1 aromatic carbocycles. The van der Waals surface area contributed by atoms with Gasteiger partial charge in [-0.15, -0.1) is 0 Å². The number of nitrogens with two attached hydrogens (primary N) is 1. The first-order valence-electron chi connectivity index (χ1n) is 5.46. The van der Waals surface area contributed by atoms with E-state index >= 15 is 0 Å². The Kier molecular flexibility index (Phi) is 3.67. The highest BCUT2D eigenvalue weighted by atomic mass is 16.5. The van der Waals surface area contributed by atoms with Crippen LogP contribution in [-0.2, 0) is 0 Å². The molecule has 4 nitrogen and oxygen atoms in total. The molecule has 0 aliphatic carbocycles. The van der Waals surface area contributed by atoms with E-state index in [1.165, 1.54) is 0 Å². The largest absolute Gasteiger partial charge is 0.497 e. The second kappa shape index (κ2) is 5.41. The minimum absolute atomic E-state index is 0.0783. The minimum Gasteiger partial charge on any atom is -0.497 e. The van der Waals surface area contributed by atoms with E-state index in [0.29, 0.717) is 6.54 Å². The fourth-order valence-corrected chi connectivity index (χ4v) is 1.76. The highest BCUT2D eigenvalue weighted by Crippen LogP contribution is 2.23. The summed E-state index contributed by atoms with van der Waals surface area (Å²) in [5, 5.41) is 7.99. The lowest BCUT2D eigenvalue weighted by molar-refractivity contribution is 0.414. The summed E-state index contributed by atoms with van der Waals surface area (Å²) in [7, 11) is 1.65. The van der Waals surface area contributed by atoms with E-state index in [9.17, 15) is 0 Å². The van der Waals surface area contributed by atoms with Crippen molar-refractivity contribution in [2.75, 3.05) is 13.7 Å². The van der Waals surface area contributed by atoms with Gasteiger partial charge in [-0.2, -0.15) is 10.2 Å². The first-order chi connectivity index (χ1) is 8.35. The maximum atomic E-state index is 5.81. The van der Waals surface area contributed by atoms with Gasteiger partial charge in [0.25, 0.3) is 0 Å². The van der Waals surface area contributed by atoms with Gasteiger partial charge < -0.3 is 10.5 Å². The maximum Gasteiger partial charge on any atom is 0.118 e. The van der Waals surface area contributed by atoms with Crippen LogP contribution >= 0.6 is 0 Å². The summed E-state index contributed by atoms with van der Waals surface area (Å²) in [6, 6.07) is 11.7. The monoisotopic (exact) mass is 229 g/mol. The van der Waals surface area contributed by atoms with Crippen molar-refractivity contribution in [2.24, 2.45) is 5.73 Å². The third-order valence-electron chi connectivity index (χ3n) is 2.70. The lowest BCUT2D eigenvalue weighted by atomic mass is 9.95. The molecule has 0 fully saturated rings. The first-order valence-corrected chi connectivity index (χ1v) is 5.46. The molecule has 88 valence electrons. The number of nitrogens with zero attached hydrogens (tertiary/aromatic N) is 2. The quantitative estimate of drug-likeness (QED) is 0.864. The number of hydrogen-bond donors (Lipinski definition) is 1. The van der Waals surface area contributed by atoms with Crippen LogP contribution in [-0.4, -0.2) is 23.9 Å². The lowest BCUT2D eigenvalue weighted by Gasteiger charge is -2.14. The number of methoxy groups -OCH3 is 1. The topological polar surface area (TPSA) is 61.0 Å². The normalized spacial score (nSPS) is 12.1. The van der Waals surface area contributed by atoms with Crippen molar-refractivity contribution in [1.82, 2.24) is 10.2 Å². The summed E-state index contributed by atoms with van der Waals surface area (Å²) in [6.07, 6.45) is 1.66. The maximum absolute atomic E-state index is 5.81. The molecule has 0 amide bonds. The van der Waals surface area contributed by atoms with Crippen molar-refractivity contribution >= 4 is 0 Å². The molecule has 1 heterocycles. The van der Waals surface area contributed by atoms with Crippen LogP contribution < -0.4 is 10.5 Å². The molecule has 0 spiro atoms. The van der Waals surface area contributed by atoms with Gasteiger partial charge in [-0.1, -0.05) is 12.1 Å². The van der Waals surface area contributed by atoms with Crippen molar-refractivity contribution < 1.29 is 4.74 Å². The predicted octanol–water partition coefficient (Wildman–Crippen LogP) is 1.58. The second-order valence-corrected chi connectivity index (χ2v) is 3.71. The third kappa shape index (κ3) is 2.60. The standard InChI is InChI=1S/C13H15N3O/c1-17-11-6-4-10(5-7-11)12(9-14)13-3-2-8-15-16-13/h2-8,12H,9,14H2,1H3. The van der Waals surface area contributed by atoms with Gasteiger partial charge in [-0.05, 0) is 29.8 Å². The van der Waals surface area contributed by atoms with Gasteiger partial charge in [-0.3, -0.25) is 0 Å². The van der Waals surface area contributed by atoms with Gasteiger partial charge in [0.15, 0.2) is 0 Å². The zero-order valence-electron chi connectivity index (χ0n) is 9.71. The Morgan fingerprint density at radius 3 is 2.53 bits per heavy atom. The molecule has 1 aromatic heterocycles. The van der Waals surface area contributed by atoms with Crippen LogP contribution in [0.25, 0.3) is 0 Å². The molecule has 2 aromatic rings. The lowest BCUT2D eigenvalue weighted by Crippen LogP contribution is -2.15. The number of rotatable bonds is 4. The van der Waals surface area contributed by atoms with E-state index < -0.39 is 0 Å². The summed E-state index contributed by atoms with van der Waals surface area (Å²) < 4.78 is 5.13. The summed E-state index contributed by atoms with van der Waals surface area (Å²) >= 11 is 0. The van der Waals surface area contributed by atoms with Gasteiger partial charge >= 0.3 is 0 Å². The smallest absolute Gasteiger partial charge is 0.118 e. The summed E-state index contributed by atoms with van der Waals surface area (Å²) in [5.74, 6) is 0.915. The van der Waals surface area contributed by atoms with Crippen LogP contribution in [0.5, 0.6) is 5.75 Å². The van der Waals surface area contributed by atoms with Crippen molar-refractivity contribution in [3.8, 4) is 5.75 Å². The molecule has 1 atom stereocenters. The molecule has 0 bridgehead atoms. The first kappa shape index (κ1) is 11.5. The van der Waals surface area contributed by atoms with Crippen LogP contribution in [0.3, 0.4) is 0 Å². The van der Waals surface area contributed by atoms with Gasteiger partial charge in [0, 0.05) is 18.7 Å². The average Bonchev–Trinajstić information content (AvgIpc) is 2.42. The molecular weight excluding hydrogens is 214 g/mol. The van der Waals surface area contributed by atoms with E-state index in [1.807, 2.05) is 36.4 Å². The second-order valence-electron chi connectivity index (χ2n) is 3.71. The van der Waals surface area contributed by atoms with Crippen LogP contribution in [0, 0.1) is 0 Å². The Hall–Kier alpha value is -1.94. The molecule has 0 radical (unpaired) electrons. The molecule has 0 aliphatic heterocycles. The number of benzene rings is 1. The molecule has 2 N–H and O–H groups in total. The molecular formula is C13H15N3O. The van der Waals surface area contributed by atoms with Gasteiger partial charge in [-0.25, -0.2) is 0 Å². The SMILES string of the molecule is COc1ccc(C(CN)c2cccnn2)cc1. The van der Waals surface area contributed by atoms with Crippen LogP contribution in [0.2, 0.25) is 0 Å². The predicted molar refractivity (Wildman–Crippen MR) is 65.9 cm³/mol. The van der Waals surface area contributed by atoms with E-state index in [1.54, 1.807) is 13.3 Å². The Labute approximate surface area is 100 Å². The van der Waals surface area contributed by atoms with Crippen molar-refractivity contribution in [1.29, 1.82) is 0 Å². The Morgan fingerprint density at radius 2 is 2.00 bits per heavy atom. The summed E-state index contributed by atoms with van der Waals surface area (Å²) in [6.45, 7) is 0.505. The molecule has 1 unspecified atom stereocenters. The summed E-state index contributed by atoms with van der Waals surface area (Å²) in [5.41, 5.74) is 7.82. The van der Waals surface area contributed by atoms with E-state index in [0.717, 1.165) is 17.0 Å². The van der Waals surface area contributed by atoms with Crippen molar-refractivity contribution in [2.45, 2.75) is 5.92 Å². The fraction of sp³-hybridized carbons (Fsp3) is 0.231. The molecule has 2 rings (SSSR count). The van der Waals surface area contributed by atoms with E-state index in [4.69, 9.17) is 10.5 Å². The fourth-order valence-electron chi connectivity index (χ4n) is 1.76. The molecule has 0 aliphatic rings. The Balaban J connectivity index is 2.29. The Morgan fingerprint density at radius 1 is 1.24 bits per heavy atom. The number of hydrogen-bond acceptors (Lipinski definition) is 4. The van der Waals surface area contributed by atoms with E-state index in [-0.39, 0.29) is 5.92 Å². The number of aromatic nitrogens is 2. The number of ether oxygens (including phenoxy) is 1. The van der Waals surface area contributed by atoms with Gasteiger partial charge in [0.05, 0.1) is 12.8 Å². The zero-order chi connectivity index (χ0) is 12.1. The highest BCUT2D eigenvalue weighted by Gasteiger charge is 2.13. The van der Waals surface area contributed by atoms with Crippen LogP contribution in [0.4, 0.5) is 0 Å². The van der Waals surface area contributed by atoms with Gasteiger partial charge in [0.1, 0.15) is 5.75 Å². The summed E-state index contributed by atoms with van der Waals surface area (Å²) in [4.78, 5) is 0.